The number of aliphatic carboxylic acids is 1. The Kier molecular flexibility index (Phi) is 5.30. The molecular formula is C13H16FNO3. The summed E-state index contributed by atoms with van der Waals surface area (Å²) < 4.78 is 13.2. The third-order valence-corrected chi connectivity index (χ3v) is 2.50. The van der Waals surface area contributed by atoms with Crippen LogP contribution in [-0.2, 0) is 9.59 Å². The molecule has 0 bridgehead atoms. The Bertz CT molecular complexity index is 446. The Balaban J connectivity index is 2.35. The van der Waals surface area contributed by atoms with E-state index < -0.39 is 5.97 Å². The maximum atomic E-state index is 13.2. The summed E-state index contributed by atoms with van der Waals surface area (Å²) in [5.74, 6) is -1.46. The molecule has 0 aliphatic rings. The normalized spacial score (nSPS) is 10.1. The van der Waals surface area contributed by atoms with Crippen molar-refractivity contribution in [2.45, 2.75) is 32.6 Å². The molecule has 1 amide bonds. The molecule has 0 aromatic heterocycles. The molecule has 0 radical (unpaired) electrons. The third-order valence-electron chi connectivity index (χ3n) is 2.50. The number of carboxylic acids is 1. The maximum Gasteiger partial charge on any atom is 0.303 e. The summed E-state index contributed by atoms with van der Waals surface area (Å²) in [5.41, 5.74) is 0.941. The molecule has 0 aliphatic carbocycles. The van der Waals surface area contributed by atoms with E-state index in [1.807, 2.05) is 0 Å². The minimum atomic E-state index is -0.865. The van der Waals surface area contributed by atoms with Gasteiger partial charge >= 0.3 is 5.97 Å². The lowest BCUT2D eigenvalue weighted by Crippen LogP contribution is -2.11. The molecule has 4 nitrogen and oxygen atoms in total. The summed E-state index contributed by atoms with van der Waals surface area (Å²) >= 11 is 0. The van der Waals surface area contributed by atoms with E-state index in [4.69, 9.17) is 5.11 Å². The van der Waals surface area contributed by atoms with E-state index >= 15 is 0 Å². The first-order valence-electron chi connectivity index (χ1n) is 5.77. The second kappa shape index (κ2) is 6.74. The van der Waals surface area contributed by atoms with Crippen LogP contribution in [0.15, 0.2) is 18.2 Å². The summed E-state index contributed by atoms with van der Waals surface area (Å²) in [6.07, 6.45) is 1.27. The van der Waals surface area contributed by atoms with Gasteiger partial charge in [0, 0.05) is 18.5 Å². The Morgan fingerprint density at radius 2 is 1.94 bits per heavy atom. The summed E-state index contributed by atoms with van der Waals surface area (Å²) in [4.78, 5) is 21.7. The number of carboxylic acid groups (broad SMARTS) is 1. The third kappa shape index (κ3) is 4.95. The van der Waals surface area contributed by atoms with Crippen molar-refractivity contribution >= 4 is 17.6 Å². The largest absolute Gasteiger partial charge is 0.481 e. The van der Waals surface area contributed by atoms with Crippen LogP contribution in [0, 0.1) is 12.7 Å². The van der Waals surface area contributed by atoms with Crippen molar-refractivity contribution in [3.8, 4) is 0 Å². The first kappa shape index (κ1) is 14.2. The van der Waals surface area contributed by atoms with Gasteiger partial charge in [0.05, 0.1) is 0 Å². The number of aryl methyl sites for hydroxylation is 1. The van der Waals surface area contributed by atoms with Crippen molar-refractivity contribution < 1.29 is 19.1 Å². The van der Waals surface area contributed by atoms with Crippen molar-refractivity contribution in [1.82, 2.24) is 0 Å². The highest BCUT2D eigenvalue weighted by Gasteiger charge is 2.05. The van der Waals surface area contributed by atoms with E-state index in [1.165, 1.54) is 6.07 Å². The van der Waals surface area contributed by atoms with Crippen molar-refractivity contribution in [1.29, 1.82) is 0 Å². The van der Waals surface area contributed by atoms with Gasteiger partial charge in [0.1, 0.15) is 5.82 Å². The Labute approximate surface area is 105 Å². The zero-order valence-electron chi connectivity index (χ0n) is 10.2. The molecule has 0 atom stereocenters. The number of nitrogens with one attached hydrogen (secondary N) is 1. The lowest BCUT2D eigenvalue weighted by Gasteiger charge is -2.06. The molecule has 0 saturated heterocycles. The molecule has 0 aliphatic heterocycles. The average molecular weight is 253 g/mol. The number of hydrogen-bond acceptors (Lipinski definition) is 2. The molecule has 0 saturated carbocycles. The molecule has 1 aromatic rings. The molecule has 0 spiro atoms. The maximum absolute atomic E-state index is 13.2. The Hall–Kier alpha value is -1.91. The fraction of sp³-hybridized carbons (Fsp3) is 0.385. The molecular weight excluding hydrogens is 237 g/mol. The van der Waals surface area contributed by atoms with Crippen LogP contribution in [0.1, 0.15) is 31.2 Å². The van der Waals surface area contributed by atoms with E-state index in [9.17, 15) is 14.0 Å². The van der Waals surface area contributed by atoms with Crippen molar-refractivity contribution in [3.63, 3.8) is 0 Å². The van der Waals surface area contributed by atoms with Crippen LogP contribution in [0.3, 0.4) is 0 Å². The molecule has 18 heavy (non-hydrogen) atoms. The topological polar surface area (TPSA) is 66.4 Å². The summed E-state index contributed by atoms with van der Waals surface area (Å²) in [5, 5.41) is 11.0. The summed E-state index contributed by atoms with van der Waals surface area (Å²) in [7, 11) is 0. The zero-order valence-corrected chi connectivity index (χ0v) is 10.2. The van der Waals surface area contributed by atoms with E-state index in [-0.39, 0.29) is 24.6 Å². The monoisotopic (exact) mass is 253 g/mol. The van der Waals surface area contributed by atoms with Gasteiger partial charge in [0.15, 0.2) is 0 Å². The molecule has 1 rings (SSSR count). The van der Waals surface area contributed by atoms with Crippen LogP contribution in [0.25, 0.3) is 0 Å². The second-order valence-electron chi connectivity index (χ2n) is 4.11. The molecule has 0 unspecified atom stereocenters. The van der Waals surface area contributed by atoms with Crippen molar-refractivity contribution in [3.05, 3.63) is 29.6 Å². The lowest BCUT2D eigenvalue weighted by atomic mass is 10.1. The first-order valence-corrected chi connectivity index (χ1v) is 5.77. The number of halogens is 1. The molecule has 5 heteroatoms. The summed E-state index contributed by atoms with van der Waals surface area (Å²) in [6, 6.07) is 4.49. The van der Waals surface area contributed by atoms with E-state index in [1.54, 1.807) is 19.1 Å². The van der Waals surface area contributed by atoms with E-state index in [2.05, 4.69) is 5.32 Å². The Morgan fingerprint density at radius 1 is 1.28 bits per heavy atom. The average Bonchev–Trinajstić information content (AvgIpc) is 2.29. The van der Waals surface area contributed by atoms with Crippen LogP contribution in [0.2, 0.25) is 0 Å². The van der Waals surface area contributed by atoms with Crippen molar-refractivity contribution in [2.24, 2.45) is 0 Å². The van der Waals surface area contributed by atoms with Crippen LogP contribution in [0.4, 0.5) is 10.1 Å². The fourth-order valence-corrected chi connectivity index (χ4v) is 1.46. The van der Waals surface area contributed by atoms with Gasteiger partial charge in [-0.15, -0.1) is 0 Å². The zero-order chi connectivity index (χ0) is 13.5. The van der Waals surface area contributed by atoms with Crippen LogP contribution in [0.5, 0.6) is 0 Å². The van der Waals surface area contributed by atoms with Gasteiger partial charge < -0.3 is 10.4 Å². The number of hydrogen-bond donors (Lipinski definition) is 2. The number of carbonyl (C=O) groups is 2. The predicted octanol–water partition coefficient (Wildman–Crippen LogP) is 2.72. The van der Waals surface area contributed by atoms with Gasteiger partial charge in [0.2, 0.25) is 5.91 Å². The fourth-order valence-electron chi connectivity index (χ4n) is 1.46. The highest BCUT2D eigenvalue weighted by atomic mass is 19.1. The highest BCUT2D eigenvalue weighted by Crippen LogP contribution is 2.14. The first-order chi connectivity index (χ1) is 8.49. The molecule has 0 heterocycles. The molecule has 98 valence electrons. The number of carbonyl (C=O) groups excluding carboxylic acids is 1. The minimum absolute atomic E-state index is 0.0619. The standard InChI is InChI=1S/C13H16FNO3/c1-9-6-7-10(8-11(9)14)15-12(16)4-2-3-5-13(17)18/h6-8H,2-5H2,1H3,(H,15,16)(H,17,18). The van der Waals surface area contributed by atoms with E-state index in [0.717, 1.165) is 0 Å². The van der Waals surface area contributed by atoms with Crippen molar-refractivity contribution in [2.75, 3.05) is 5.32 Å². The lowest BCUT2D eigenvalue weighted by molar-refractivity contribution is -0.137. The quantitative estimate of drug-likeness (QED) is 0.766. The van der Waals surface area contributed by atoms with Crippen LogP contribution >= 0.6 is 0 Å². The van der Waals surface area contributed by atoms with Crippen LogP contribution < -0.4 is 5.32 Å². The van der Waals surface area contributed by atoms with Gasteiger partial charge in [-0.2, -0.15) is 0 Å². The van der Waals surface area contributed by atoms with Crippen LogP contribution in [-0.4, -0.2) is 17.0 Å². The molecule has 0 fully saturated rings. The highest BCUT2D eigenvalue weighted by molar-refractivity contribution is 5.90. The van der Waals surface area contributed by atoms with Gasteiger partial charge in [-0.25, -0.2) is 4.39 Å². The van der Waals surface area contributed by atoms with Gasteiger partial charge in [-0.05, 0) is 37.5 Å². The number of amides is 1. The minimum Gasteiger partial charge on any atom is -0.481 e. The second-order valence-corrected chi connectivity index (χ2v) is 4.11. The SMILES string of the molecule is Cc1ccc(NC(=O)CCCCC(=O)O)cc1F. The predicted molar refractivity (Wildman–Crippen MR) is 65.9 cm³/mol. The van der Waals surface area contributed by atoms with E-state index in [0.29, 0.717) is 24.1 Å². The smallest absolute Gasteiger partial charge is 0.303 e. The Morgan fingerprint density at radius 3 is 2.56 bits per heavy atom. The van der Waals surface area contributed by atoms with Gasteiger partial charge in [0.25, 0.3) is 0 Å². The number of benzene rings is 1. The summed E-state index contributed by atoms with van der Waals surface area (Å²) in [6.45, 7) is 1.65. The molecule has 1 aromatic carbocycles. The molecule has 2 N–H and O–H groups in total. The number of unbranched alkanes of at least 4 members (excludes halogenated alkanes) is 1. The van der Waals surface area contributed by atoms with Gasteiger partial charge in [-0.1, -0.05) is 6.07 Å². The number of anilines is 1. The number of rotatable bonds is 6. The van der Waals surface area contributed by atoms with Gasteiger partial charge in [-0.3, -0.25) is 9.59 Å².